The average molecular weight is 171 g/mol. The molecular formula is C9H17NO2. The summed E-state index contributed by atoms with van der Waals surface area (Å²) in [7, 11) is 0. The first-order valence-corrected chi connectivity index (χ1v) is 4.26. The van der Waals surface area contributed by atoms with Crippen LogP contribution in [0, 0.1) is 0 Å². The highest BCUT2D eigenvalue weighted by atomic mass is 16.5. The lowest BCUT2D eigenvalue weighted by molar-refractivity contribution is -0.142. The molecule has 0 unspecified atom stereocenters. The van der Waals surface area contributed by atoms with Crippen molar-refractivity contribution in [1.82, 2.24) is 4.90 Å². The minimum atomic E-state index is -0.357. The van der Waals surface area contributed by atoms with Crippen molar-refractivity contribution in [2.45, 2.75) is 20.3 Å². The maximum atomic E-state index is 10.7. The zero-order valence-electron chi connectivity index (χ0n) is 7.88. The highest BCUT2D eigenvalue weighted by Crippen LogP contribution is 1.91. The lowest BCUT2D eigenvalue weighted by Crippen LogP contribution is -2.28. The Morgan fingerprint density at radius 3 is 2.67 bits per heavy atom. The lowest BCUT2D eigenvalue weighted by atomic mass is 10.4. The smallest absolute Gasteiger partial charge is 0.331 e. The van der Waals surface area contributed by atoms with Gasteiger partial charge in [-0.2, -0.15) is 0 Å². The molecule has 0 aliphatic heterocycles. The molecule has 0 atom stereocenters. The minimum Gasteiger partial charge on any atom is -0.446 e. The molecule has 3 nitrogen and oxygen atoms in total. The molecule has 0 saturated heterocycles. The number of nitrogens with zero attached hydrogens (tertiary/aromatic N) is 1. The maximum Gasteiger partial charge on any atom is 0.331 e. The Bertz CT molecular complexity index is 145. The average Bonchev–Trinajstić information content (AvgIpc) is 2.11. The molecule has 0 aromatic carbocycles. The molecule has 0 aromatic heterocycles. The van der Waals surface area contributed by atoms with Crippen LogP contribution in [0.2, 0.25) is 0 Å². The Morgan fingerprint density at radius 2 is 2.25 bits per heavy atom. The SMILES string of the molecule is C=CC(=O)OCN(CC)CCC. The van der Waals surface area contributed by atoms with Gasteiger partial charge < -0.3 is 4.74 Å². The quantitative estimate of drug-likeness (QED) is 0.344. The number of hydrogen-bond acceptors (Lipinski definition) is 3. The number of carbonyl (C=O) groups excluding carboxylic acids is 1. The fourth-order valence-electron chi connectivity index (χ4n) is 0.844. The van der Waals surface area contributed by atoms with Crippen LogP contribution < -0.4 is 0 Å². The maximum absolute atomic E-state index is 10.7. The van der Waals surface area contributed by atoms with E-state index >= 15 is 0 Å². The van der Waals surface area contributed by atoms with Gasteiger partial charge in [-0.1, -0.05) is 20.4 Å². The first-order valence-electron chi connectivity index (χ1n) is 4.26. The van der Waals surface area contributed by atoms with E-state index in [9.17, 15) is 4.79 Å². The number of esters is 1. The van der Waals surface area contributed by atoms with Crippen molar-refractivity contribution in [2.24, 2.45) is 0 Å². The first kappa shape index (κ1) is 11.2. The van der Waals surface area contributed by atoms with Gasteiger partial charge in [-0.05, 0) is 13.0 Å². The molecule has 3 heteroatoms. The largest absolute Gasteiger partial charge is 0.446 e. The summed E-state index contributed by atoms with van der Waals surface area (Å²) in [4.78, 5) is 12.7. The Balaban J connectivity index is 3.56. The molecule has 0 amide bonds. The molecule has 0 aromatic rings. The fraction of sp³-hybridized carbons (Fsp3) is 0.667. The summed E-state index contributed by atoms with van der Waals surface area (Å²) in [6.45, 7) is 9.68. The van der Waals surface area contributed by atoms with Crippen LogP contribution in [0.4, 0.5) is 0 Å². The third-order valence-electron chi connectivity index (χ3n) is 1.54. The summed E-state index contributed by atoms with van der Waals surface area (Å²) in [6, 6.07) is 0. The Labute approximate surface area is 74.0 Å². The lowest BCUT2D eigenvalue weighted by Gasteiger charge is -2.18. The summed E-state index contributed by atoms with van der Waals surface area (Å²) in [5, 5.41) is 0. The van der Waals surface area contributed by atoms with E-state index in [1.54, 1.807) is 0 Å². The fourth-order valence-corrected chi connectivity index (χ4v) is 0.844. The van der Waals surface area contributed by atoms with E-state index < -0.39 is 0 Å². The van der Waals surface area contributed by atoms with E-state index in [0.717, 1.165) is 19.5 Å². The van der Waals surface area contributed by atoms with Crippen LogP contribution in [0.15, 0.2) is 12.7 Å². The minimum absolute atomic E-state index is 0.357. The van der Waals surface area contributed by atoms with Gasteiger partial charge in [-0.25, -0.2) is 4.79 Å². The van der Waals surface area contributed by atoms with Gasteiger partial charge in [0, 0.05) is 12.6 Å². The molecule has 0 aliphatic carbocycles. The molecule has 70 valence electrons. The summed E-state index contributed by atoms with van der Waals surface area (Å²) >= 11 is 0. The molecule has 0 rings (SSSR count). The zero-order chi connectivity index (χ0) is 9.40. The van der Waals surface area contributed by atoms with Gasteiger partial charge in [0.25, 0.3) is 0 Å². The van der Waals surface area contributed by atoms with E-state index in [4.69, 9.17) is 4.74 Å². The van der Waals surface area contributed by atoms with Gasteiger partial charge in [0.1, 0.15) is 6.73 Å². The normalized spacial score (nSPS) is 9.92. The first-order chi connectivity index (χ1) is 5.74. The molecule has 0 N–H and O–H groups in total. The predicted octanol–water partition coefficient (Wildman–Crippen LogP) is 1.41. The number of hydrogen-bond donors (Lipinski definition) is 0. The van der Waals surface area contributed by atoms with Gasteiger partial charge in [-0.3, -0.25) is 4.90 Å². The van der Waals surface area contributed by atoms with Gasteiger partial charge in [0.15, 0.2) is 0 Å². The third-order valence-corrected chi connectivity index (χ3v) is 1.54. The van der Waals surface area contributed by atoms with E-state index in [1.807, 2.05) is 6.92 Å². The second kappa shape index (κ2) is 6.85. The van der Waals surface area contributed by atoms with E-state index in [1.165, 1.54) is 6.08 Å². The summed E-state index contributed by atoms with van der Waals surface area (Å²) in [5.74, 6) is -0.357. The Kier molecular flexibility index (Phi) is 6.38. The van der Waals surface area contributed by atoms with Crippen LogP contribution in [0.5, 0.6) is 0 Å². The van der Waals surface area contributed by atoms with E-state index in [2.05, 4.69) is 18.4 Å². The summed E-state index contributed by atoms with van der Waals surface area (Å²) in [6.07, 6.45) is 2.25. The van der Waals surface area contributed by atoms with Crippen molar-refractivity contribution in [1.29, 1.82) is 0 Å². The zero-order valence-corrected chi connectivity index (χ0v) is 7.88. The van der Waals surface area contributed by atoms with Gasteiger partial charge in [0.2, 0.25) is 0 Å². The van der Waals surface area contributed by atoms with E-state index in [-0.39, 0.29) is 5.97 Å². The van der Waals surface area contributed by atoms with Gasteiger partial charge in [-0.15, -0.1) is 0 Å². The summed E-state index contributed by atoms with van der Waals surface area (Å²) in [5.41, 5.74) is 0. The molecular weight excluding hydrogens is 154 g/mol. The topological polar surface area (TPSA) is 29.5 Å². The highest BCUT2D eigenvalue weighted by Gasteiger charge is 2.02. The molecule has 0 spiro atoms. The Morgan fingerprint density at radius 1 is 1.58 bits per heavy atom. The monoisotopic (exact) mass is 171 g/mol. The molecule has 0 radical (unpaired) electrons. The summed E-state index contributed by atoms with van der Waals surface area (Å²) < 4.78 is 4.87. The molecule has 0 aliphatic rings. The highest BCUT2D eigenvalue weighted by molar-refractivity contribution is 5.81. The van der Waals surface area contributed by atoms with Crippen LogP contribution in [-0.2, 0) is 9.53 Å². The van der Waals surface area contributed by atoms with Crippen molar-refractivity contribution in [3.8, 4) is 0 Å². The molecule has 0 bridgehead atoms. The second-order valence-electron chi connectivity index (χ2n) is 2.51. The van der Waals surface area contributed by atoms with Gasteiger partial charge >= 0.3 is 5.97 Å². The number of ether oxygens (including phenoxy) is 1. The third kappa shape index (κ3) is 4.91. The van der Waals surface area contributed by atoms with Crippen molar-refractivity contribution in [3.05, 3.63) is 12.7 Å². The van der Waals surface area contributed by atoms with Crippen molar-refractivity contribution in [2.75, 3.05) is 19.8 Å². The van der Waals surface area contributed by atoms with Crippen molar-refractivity contribution >= 4 is 5.97 Å². The number of rotatable bonds is 6. The van der Waals surface area contributed by atoms with Crippen LogP contribution in [0.1, 0.15) is 20.3 Å². The van der Waals surface area contributed by atoms with Gasteiger partial charge in [0.05, 0.1) is 0 Å². The van der Waals surface area contributed by atoms with Crippen LogP contribution >= 0.6 is 0 Å². The van der Waals surface area contributed by atoms with Crippen molar-refractivity contribution < 1.29 is 9.53 Å². The van der Waals surface area contributed by atoms with Crippen LogP contribution in [0.3, 0.4) is 0 Å². The molecule has 0 heterocycles. The van der Waals surface area contributed by atoms with Crippen molar-refractivity contribution in [3.63, 3.8) is 0 Å². The number of carbonyl (C=O) groups is 1. The van der Waals surface area contributed by atoms with Crippen LogP contribution in [-0.4, -0.2) is 30.7 Å². The second-order valence-corrected chi connectivity index (χ2v) is 2.51. The van der Waals surface area contributed by atoms with E-state index in [0.29, 0.717) is 6.73 Å². The predicted molar refractivity (Wildman–Crippen MR) is 48.7 cm³/mol. The molecule has 0 saturated carbocycles. The molecule has 0 fully saturated rings. The van der Waals surface area contributed by atoms with Crippen LogP contribution in [0.25, 0.3) is 0 Å². The molecule has 12 heavy (non-hydrogen) atoms. The standard InChI is InChI=1S/C9H17NO2/c1-4-7-10(6-3)8-12-9(11)5-2/h5H,2,4,6-8H2,1,3H3. The Hall–Kier alpha value is -0.830.